The van der Waals surface area contributed by atoms with E-state index in [4.69, 9.17) is 0 Å². The second kappa shape index (κ2) is 9.92. The molecule has 0 bridgehead atoms. The molecule has 10 nitrogen and oxygen atoms in total. The van der Waals surface area contributed by atoms with Crippen molar-refractivity contribution in [3.8, 4) is 0 Å². The van der Waals surface area contributed by atoms with Crippen LogP contribution >= 0.6 is 0 Å². The van der Waals surface area contributed by atoms with Crippen molar-refractivity contribution in [1.82, 2.24) is 23.9 Å². The van der Waals surface area contributed by atoms with E-state index < -0.39 is 21.9 Å². The van der Waals surface area contributed by atoms with Crippen molar-refractivity contribution in [2.45, 2.75) is 69.9 Å². The number of aryl methyl sites for hydroxylation is 3. The van der Waals surface area contributed by atoms with E-state index in [2.05, 4.69) is 27.0 Å². The normalized spacial score (nSPS) is 20.9. The van der Waals surface area contributed by atoms with Crippen LogP contribution in [-0.4, -0.2) is 62.0 Å². The quantitative estimate of drug-likeness (QED) is 0.363. The van der Waals surface area contributed by atoms with Crippen LogP contribution in [0.15, 0.2) is 53.7 Å². The molecule has 0 saturated carbocycles. The molecule has 1 N–H and O–H groups in total. The Kier molecular flexibility index (Phi) is 6.61. The van der Waals surface area contributed by atoms with Gasteiger partial charge in [0.25, 0.3) is 0 Å². The minimum Gasteiger partial charge on any atom is -0.481 e. The molecular formula is C30H34N6O4S. The number of carboxylic acid groups (broad SMARTS) is 1. The number of fused-ring (bicyclic) bond motifs is 4. The highest BCUT2D eigenvalue weighted by atomic mass is 32.2. The molecule has 1 fully saturated rings. The van der Waals surface area contributed by atoms with Gasteiger partial charge in [-0.25, -0.2) is 13.4 Å². The summed E-state index contributed by atoms with van der Waals surface area (Å²) in [6.07, 6.45) is 5.26. The van der Waals surface area contributed by atoms with Gasteiger partial charge in [0.1, 0.15) is 16.5 Å². The number of anilines is 1. The van der Waals surface area contributed by atoms with Crippen molar-refractivity contribution in [1.29, 1.82) is 0 Å². The molecule has 0 amide bonds. The maximum absolute atomic E-state index is 14.0. The molecule has 6 rings (SSSR count). The third-order valence-electron chi connectivity index (χ3n) is 8.80. The lowest BCUT2D eigenvalue weighted by Gasteiger charge is -2.36. The van der Waals surface area contributed by atoms with Gasteiger partial charge < -0.3 is 10.0 Å². The minimum absolute atomic E-state index is 0.110. The van der Waals surface area contributed by atoms with Crippen LogP contribution in [0, 0.1) is 20.8 Å². The summed E-state index contributed by atoms with van der Waals surface area (Å²) in [5.74, 6) is -0.0755. The lowest BCUT2D eigenvalue weighted by molar-refractivity contribution is -0.137. The smallest absolute Gasteiger partial charge is 0.304 e. The summed E-state index contributed by atoms with van der Waals surface area (Å²) in [5, 5.41) is 18.4. The molecule has 2 atom stereocenters. The van der Waals surface area contributed by atoms with Gasteiger partial charge in [0.05, 0.1) is 12.0 Å². The highest BCUT2D eigenvalue weighted by molar-refractivity contribution is 7.89. The lowest BCUT2D eigenvalue weighted by Crippen LogP contribution is -2.49. The van der Waals surface area contributed by atoms with Gasteiger partial charge in [0, 0.05) is 37.9 Å². The number of hydrogen-bond acceptors (Lipinski definition) is 7. The molecule has 3 aromatic heterocycles. The maximum atomic E-state index is 14.0. The molecule has 1 aromatic carbocycles. The van der Waals surface area contributed by atoms with Gasteiger partial charge in [-0.15, -0.1) is 10.2 Å². The van der Waals surface area contributed by atoms with E-state index in [9.17, 15) is 18.3 Å². The number of sulfonamides is 1. The van der Waals surface area contributed by atoms with Crippen molar-refractivity contribution < 1.29 is 18.3 Å². The van der Waals surface area contributed by atoms with Gasteiger partial charge in [-0.3, -0.25) is 9.20 Å². The van der Waals surface area contributed by atoms with Crippen LogP contribution < -0.4 is 4.90 Å². The molecule has 0 radical (unpaired) electrons. The molecule has 41 heavy (non-hydrogen) atoms. The number of aliphatic carboxylic acids is 1. The van der Waals surface area contributed by atoms with E-state index in [-0.39, 0.29) is 23.4 Å². The van der Waals surface area contributed by atoms with Crippen molar-refractivity contribution in [3.05, 3.63) is 82.4 Å². The maximum Gasteiger partial charge on any atom is 0.304 e. The van der Waals surface area contributed by atoms with Gasteiger partial charge in [-0.2, -0.15) is 4.31 Å². The first-order valence-corrected chi connectivity index (χ1v) is 15.3. The Morgan fingerprint density at radius 1 is 1.15 bits per heavy atom. The average Bonchev–Trinajstić information content (AvgIpc) is 3.49. The SMILES string of the molecule is Cc1ccc([C@H](CC(=O)O)c2ccn3c(C)nnc3c2C)cc1CN1C[C@]2(C)CCCN2c2ncccc2S1(=O)=O. The van der Waals surface area contributed by atoms with Crippen molar-refractivity contribution in [3.63, 3.8) is 0 Å². The molecule has 2 aliphatic rings. The third-order valence-corrected chi connectivity index (χ3v) is 10.6. The lowest BCUT2D eigenvalue weighted by atomic mass is 9.85. The molecular weight excluding hydrogens is 540 g/mol. The molecule has 5 heterocycles. The van der Waals surface area contributed by atoms with Crippen molar-refractivity contribution >= 4 is 27.5 Å². The summed E-state index contributed by atoms with van der Waals surface area (Å²) in [4.78, 5) is 18.9. The number of carboxylic acids is 1. The average molecular weight is 575 g/mol. The fourth-order valence-electron chi connectivity index (χ4n) is 6.52. The van der Waals surface area contributed by atoms with Crippen molar-refractivity contribution in [2.75, 3.05) is 18.0 Å². The van der Waals surface area contributed by atoms with Gasteiger partial charge in [0.15, 0.2) is 5.65 Å². The third kappa shape index (κ3) is 4.57. The molecule has 2 aliphatic heterocycles. The summed E-state index contributed by atoms with van der Waals surface area (Å²) in [7, 11) is -3.83. The van der Waals surface area contributed by atoms with Crippen LogP contribution in [-0.2, 0) is 21.4 Å². The zero-order chi connectivity index (χ0) is 29.1. The summed E-state index contributed by atoms with van der Waals surface area (Å²) in [6.45, 7) is 9.18. The van der Waals surface area contributed by atoms with E-state index in [1.807, 2.05) is 55.6 Å². The van der Waals surface area contributed by atoms with Gasteiger partial charge in [0.2, 0.25) is 10.0 Å². The van der Waals surface area contributed by atoms with Gasteiger partial charge in [-0.05, 0) is 86.6 Å². The summed E-state index contributed by atoms with van der Waals surface area (Å²) < 4.78 is 31.5. The van der Waals surface area contributed by atoms with Gasteiger partial charge >= 0.3 is 5.97 Å². The molecule has 0 aliphatic carbocycles. The highest BCUT2D eigenvalue weighted by Crippen LogP contribution is 2.42. The molecule has 214 valence electrons. The number of rotatable bonds is 6. The number of carbonyl (C=O) groups is 1. The van der Waals surface area contributed by atoms with E-state index in [0.717, 1.165) is 53.0 Å². The van der Waals surface area contributed by atoms with E-state index >= 15 is 0 Å². The predicted molar refractivity (Wildman–Crippen MR) is 155 cm³/mol. The summed E-state index contributed by atoms with van der Waals surface area (Å²) in [6, 6.07) is 11.1. The van der Waals surface area contributed by atoms with Crippen LogP contribution in [0.3, 0.4) is 0 Å². The first-order valence-electron chi connectivity index (χ1n) is 13.8. The Morgan fingerprint density at radius 2 is 1.95 bits per heavy atom. The van der Waals surface area contributed by atoms with Gasteiger partial charge in [-0.1, -0.05) is 18.2 Å². The van der Waals surface area contributed by atoms with Crippen LogP contribution in [0.2, 0.25) is 0 Å². The number of pyridine rings is 2. The Labute approximate surface area is 239 Å². The van der Waals surface area contributed by atoms with Crippen LogP contribution in [0.4, 0.5) is 5.82 Å². The summed E-state index contributed by atoms with van der Waals surface area (Å²) >= 11 is 0. The summed E-state index contributed by atoms with van der Waals surface area (Å²) in [5.41, 5.74) is 4.67. The Hall–Kier alpha value is -3.83. The first-order chi connectivity index (χ1) is 19.5. The Balaban J connectivity index is 1.42. The molecule has 4 aromatic rings. The fourth-order valence-corrected chi connectivity index (χ4v) is 8.20. The number of aromatic nitrogens is 4. The largest absolute Gasteiger partial charge is 0.481 e. The molecule has 11 heteroatoms. The molecule has 1 saturated heterocycles. The number of hydrogen-bond donors (Lipinski definition) is 1. The second-order valence-electron chi connectivity index (χ2n) is 11.5. The number of benzene rings is 1. The fraction of sp³-hybridized carbons (Fsp3) is 0.400. The minimum atomic E-state index is -3.83. The second-order valence-corrected chi connectivity index (χ2v) is 13.4. The van der Waals surface area contributed by atoms with E-state index in [1.54, 1.807) is 22.6 Å². The van der Waals surface area contributed by atoms with E-state index in [1.165, 1.54) is 0 Å². The molecule has 0 unspecified atom stereocenters. The van der Waals surface area contributed by atoms with E-state index in [0.29, 0.717) is 18.0 Å². The highest BCUT2D eigenvalue weighted by Gasteiger charge is 2.47. The van der Waals surface area contributed by atoms with Crippen LogP contribution in [0.5, 0.6) is 0 Å². The monoisotopic (exact) mass is 574 g/mol. The van der Waals surface area contributed by atoms with Crippen LogP contribution in [0.1, 0.15) is 65.7 Å². The first kappa shape index (κ1) is 27.3. The predicted octanol–water partition coefficient (Wildman–Crippen LogP) is 4.22. The Morgan fingerprint density at radius 3 is 2.73 bits per heavy atom. The number of nitrogens with zero attached hydrogens (tertiary/aromatic N) is 6. The van der Waals surface area contributed by atoms with Crippen LogP contribution in [0.25, 0.3) is 5.65 Å². The Bertz CT molecular complexity index is 1790. The molecule has 0 spiro atoms. The topological polar surface area (TPSA) is 121 Å². The zero-order valence-corrected chi connectivity index (χ0v) is 24.5. The zero-order valence-electron chi connectivity index (χ0n) is 23.7. The van der Waals surface area contributed by atoms with Crippen molar-refractivity contribution in [2.24, 2.45) is 0 Å². The standard InChI is InChI=1S/C30H34N6O4S/c1-19-8-9-22(25(16-27(37)38)24-10-14-35-21(3)32-33-28(35)20(24)2)15-23(19)17-34-18-30(4)11-6-13-36(30)29-26(41(34,39)40)7-5-12-31-29/h5,7-10,12,14-15,25H,6,11,13,16-18H2,1-4H3,(H,37,38)/t25-,30-/m0/s1.